The van der Waals surface area contributed by atoms with Crippen molar-refractivity contribution in [2.75, 3.05) is 5.32 Å². The highest BCUT2D eigenvalue weighted by atomic mass is 32.1. The molecule has 21 heavy (non-hydrogen) atoms. The third kappa shape index (κ3) is 2.57. The number of fused-ring (bicyclic) bond motifs is 1. The van der Waals surface area contributed by atoms with Gasteiger partial charge in [0.05, 0.1) is 28.7 Å². The first-order valence-electron chi connectivity index (χ1n) is 6.66. The maximum Gasteiger partial charge on any atom is 0.107 e. The number of hydrogen-bond acceptors (Lipinski definition) is 4. The Kier molecular flexibility index (Phi) is 3.53. The largest absolute Gasteiger partial charge is 0.389 e. The summed E-state index contributed by atoms with van der Waals surface area (Å²) in [7, 11) is 0. The van der Waals surface area contributed by atoms with Gasteiger partial charge in [0.1, 0.15) is 4.99 Å². The predicted molar refractivity (Wildman–Crippen MR) is 88.8 cm³/mol. The molecular weight excluding hydrogens is 282 g/mol. The van der Waals surface area contributed by atoms with Gasteiger partial charge >= 0.3 is 0 Å². The Bertz CT molecular complexity index is 809. The lowest BCUT2D eigenvalue weighted by Gasteiger charge is -2.12. The summed E-state index contributed by atoms with van der Waals surface area (Å²) in [6.45, 7) is 2.86. The molecular formula is C15H15N5S. The first-order valence-corrected chi connectivity index (χ1v) is 7.07. The molecule has 6 heteroatoms. The third-order valence-electron chi connectivity index (χ3n) is 3.27. The number of pyridine rings is 1. The number of para-hydroxylation sites is 1. The highest BCUT2D eigenvalue weighted by Gasteiger charge is 2.11. The molecule has 3 rings (SSSR count). The molecule has 2 heterocycles. The van der Waals surface area contributed by atoms with E-state index in [4.69, 9.17) is 18.0 Å². The van der Waals surface area contributed by atoms with Crippen molar-refractivity contribution in [3.63, 3.8) is 0 Å². The fraction of sp³-hybridized carbons (Fsp3) is 0.133. The van der Waals surface area contributed by atoms with E-state index in [0.717, 1.165) is 34.4 Å². The van der Waals surface area contributed by atoms with E-state index in [1.807, 2.05) is 42.1 Å². The number of anilines is 2. The van der Waals surface area contributed by atoms with Crippen LogP contribution in [0, 0.1) is 0 Å². The minimum atomic E-state index is 0.318. The summed E-state index contributed by atoms with van der Waals surface area (Å²) >= 11 is 5.13. The molecule has 3 aromatic rings. The molecule has 2 aromatic heterocycles. The lowest BCUT2D eigenvalue weighted by molar-refractivity contribution is 0.660. The van der Waals surface area contributed by atoms with Gasteiger partial charge in [-0.2, -0.15) is 5.10 Å². The normalized spacial score (nSPS) is 10.7. The molecule has 0 aliphatic rings. The van der Waals surface area contributed by atoms with Crippen molar-refractivity contribution in [3.8, 4) is 0 Å². The van der Waals surface area contributed by atoms with Crippen molar-refractivity contribution in [1.82, 2.24) is 14.8 Å². The molecule has 3 N–H and O–H groups in total. The van der Waals surface area contributed by atoms with Crippen LogP contribution in [0.4, 0.5) is 11.4 Å². The van der Waals surface area contributed by atoms with E-state index in [9.17, 15) is 0 Å². The van der Waals surface area contributed by atoms with E-state index in [0.29, 0.717) is 4.99 Å². The summed E-state index contributed by atoms with van der Waals surface area (Å²) in [5.74, 6) is 0. The van der Waals surface area contributed by atoms with Gasteiger partial charge in [0, 0.05) is 24.3 Å². The highest BCUT2D eigenvalue weighted by molar-refractivity contribution is 7.80. The molecule has 0 amide bonds. The van der Waals surface area contributed by atoms with E-state index in [-0.39, 0.29) is 0 Å². The molecule has 0 spiro atoms. The lowest BCUT2D eigenvalue weighted by atomic mass is 10.1. The zero-order chi connectivity index (χ0) is 14.8. The second-order valence-corrected chi connectivity index (χ2v) is 5.08. The Labute approximate surface area is 127 Å². The molecule has 0 aliphatic carbocycles. The van der Waals surface area contributed by atoms with Gasteiger partial charge in [-0.1, -0.05) is 30.4 Å². The summed E-state index contributed by atoms with van der Waals surface area (Å²) in [4.78, 5) is 4.72. The van der Waals surface area contributed by atoms with Gasteiger partial charge < -0.3 is 11.1 Å². The highest BCUT2D eigenvalue weighted by Crippen LogP contribution is 2.28. The summed E-state index contributed by atoms with van der Waals surface area (Å²) in [5, 5.41) is 8.60. The van der Waals surface area contributed by atoms with Gasteiger partial charge in [0.25, 0.3) is 0 Å². The number of hydrogen-bond donors (Lipinski definition) is 2. The molecule has 5 nitrogen and oxygen atoms in total. The van der Waals surface area contributed by atoms with Crippen molar-refractivity contribution in [2.45, 2.75) is 13.5 Å². The van der Waals surface area contributed by atoms with Crippen LogP contribution in [0.1, 0.15) is 12.5 Å². The van der Waals surface area contributed by atoms with Crippen LogP contribution in [-0.2, 0) is 6.54 Å². The van der Waals surface area contributed by atoms with Crippen LogP contribution < -0.4 is 11.1 Å². The molecule has 0 fully saturated rings. The quantitative estimate of drug-likeness (QED) is 0.725. The number of aryl methyl sites for hydroxylation is 1. The van der Waals surface area contributed by atoms with Crippen LogP contribution in [0.3, 0.4) is 0 Å². The Balaban J connectivity index is 2.13. The second-order valence-electron chi connectivity index (χ2n) is 4.64. The van der Waals surface area contributed by atoms with Gasteiger partial charge in [0.2, 0.25) is 0 Å². The van der Waals surface area contributed by atoms with Crippen molar-refractivity contribution in [2.24, 2.45) is 5.73 Å². The van der Waals surface area contributed by atoms with Gasteiger partial charge in [0.15, 0.2) is 0 Å². The summed E-state index contributed by atoms with van der Waals surface area (Å²) in [6, 6.07) is 7.87. The van der Waals surface area contributed by atoms with Crippen LogP contribution >= 0.6 is 12.2 Å². The van der Waals surface area contributed by atoms with Crippen LogP contribution in [0.15, 0.2) is 42.9 Å². The lowest BCUT2D eigenvalue weighted by Crippen LogP contribution is -2.12. The Hall–Kier alpha value is -2.47. The van der Waals surface area contributed by atoms with Crippen LogP contribution in [0.2, 0.25) is 0 Å². The first kappa shape index (κ1) is 13.5. The maximum absolute atomic E-state index is 5.82. The number of nitrogens with two attached hydrogens (primary N) is 1. The minimum Gasteiger partial charge on any atom is -0.389 e. The van der Waals surface area contributed by atoms with Crippen LogP contribution in [-0.4, -0.2) is 19.8 Å². The maximum atomic E-state index is 5.82. The summed E-state index contributed by atoms with van der Waals surface area (Å²) in [5.41, 5.74) is 9.20. The fourth-order valence-corrected chi connectivity index (χ4v) is 2.36. The third-order valence-corrected chi connectivity index (χ3v) is 3.49. The average Bonchev–Trinajstić information content (AvgIpc) is 2.95. The van der Waals surface area contributed by atoms with E-state index >= 15 is 0 Å². The minimum absolute atomic E-state index is 0.318. The van der Waals surface area contributed by atoms with Gasteiger partial charge in [-0.15, -0.1) is 0 Å². The molecule has 0 bridgehead atoms. The topological polar surface area (TPSA) is 68.8 Å². The molecule has 1 aromatic carbocycles. The number of thiocarbonyl (C=S) groups is 1. The Morgan fingerprint density at radius 3 is 2.86 bits per heavy atom. The monoisotopic (exact) mass is 297 g/mol. The average molecular weight is 297 g/mol. The van der Waals surface area contributed by atoms with Crippen molar-refractivity contribution >= 4 is 39.5 Å². The van der Waals surface area contributed by atoms with E-state index in [1.165, 1.54) is 0 Å². The first-order chi connectivity index (χ1) is 10.2. The summed E-state index contributed by atoms with van der Waals surface area (Å²) < 4.78 is 1.85. The molecule has 0 saturated carbocycles. The molecule has 0 atom stereocenters. The molecule has 0 aliphatic heterocycles. The Morgan fingerprint density at radius 2 is 2.14 bits per heavy atom. The van der Waals surface area contributed by atoms with Crippen LogP contribution in [0.5, 0.6) is 0 Å². The Morgan fingerprint density at radius 1 is 1.33 bits per heavy atom. The number of rotatable bonds is 4. The van der Waals surface area contributed by atoms with Gasteiger partial charge in [-0.05, 0) is 13.0 Å². The molecule has 0 saturated heterocycles. The van der Waals surface area contributed by atoms with E-state index in [1.54, 1.807) is 12.4 Å². The van der Waals surface area contributed by atoms with E-state index in [2.05, 4.69) is 15.4 Å². The van der Waals surface area contributed by atoms with Crippen molar-refractivity contribution in [1.29, 1.82) is 0 Å². The van der Waals surface area contributed by atoms with Crippen molar-refractivity contribution < 1.29 is 0 Å². The number of nitrogens with one attached hydrogen (secondary N) is 1. The van der Waals surface area contributed by atoms with E-state index < -0.39 is 0 Å². The molecule has 0 unspecified atom stereocenters. The number of aromatic nitrogens is 3. The molecule has 0 radical (unpaired) electrons. The van der Waals surface area contributed by atoms with Crippen LogP contribution in [0.25, 0.3) is 10.9 Å². The SMILES string of the molecule is CCn1cc(Nc2c(C(N)=S)cnc3ccccc23)cn1. The standard InChI is InChI=1S/C15H15N5S/c1-2-20-9-10(7-18-20)19-14-11-5-3-4-6-13(11)17-8-12(14)15(16)21/h3-9H,2H2,1H3,(H2,16,21)(H,17,19). The smallest absolute Gasteiger partial charge is 0.107 e. The van der Waals surface area contributed by atoms with Gasteiger partial charge in [-0.25, -0.2) is 0 Å². The predicted octanol–water partition coefficient (Wildman–Crippen LogP) is 2.83. The number of benzene rings is 1. The van der Waals surface area contributed by atoms with Crippen molar-refractivity contribution in [3.05, 3.63) is 48.4 Å². The fourth-order valence-electron chi connectivity index (χ4n) is 2.21. The second kappa shape index (κ2) is 5.49. The number of nitrogens with zero attached hydrogens (tertiary/aromatic N) is 3. The zero-order valence-corrected chi connectivity index (χ0v) is 12.4. The van der Waals surface area contributed by atoms with Gasteiger partial charge in [-0.3, -0.25) is 9.67 Å². The summed E-state index contributed by atoms with van der Waals surface area (Å²) in [6.07, 6.45) is 5.43. The zero-order valence-electron chi connectivity index (χ0n) is 11.6. The molecule has 106 valence electrons.